The Balaban J connectivity index is 2.08. The summed E-state index contributed by atoms with van der Waals surface area (Å²) < 4.78 is 14.8. The van der Waals surface area contributed by atoms with Crippen molar-refractivity contribution in [1.29, 1.82) is 0 Å². The summed E-state index contributed by atoms with van der Waals surface area (Å²) in [4.78, 5) is 22.8. The number of halogens is 1. The van der Waals surface area contributed by atoms with Crippen LogP contribution in [-0.2, 0) is 17.9 Å². The number of hydrogen-bond donors (Lipinski definition) is 3. The molecule has 0 atom stereocenters. The Bertz CT molecular complexity index is 684. The van der Waals surface area contributed by atoms with Crippen LogP contribution in [0.3, 0.4) is 0 Å². The minimum absolute atomic E-state index is 0.0953. The minimum atomic E-state index is -0.714. The van der Waals surface area contributed by atoms with Gasteiger partial charge in [-0.25, -0.2) is 9.07 Å². The molecule has 0 spiro atoms. The molecule has 0 saturated heterocycles. The van der Waals surface area contributed by atoms with E-state index >= 15 is 0 Å². The zero-order chi connectivity index (χ0) is 15.4. The van der Waals surface area contributed by atoms with E-state index in [1.165, 1.54) is 23.0 Å². The normalized spacial score (nSPS) is 10.4. The van der Waals surface area contributed by atoms with Crippen molar-refractivity contribution < 1.29 is 14.0 Å². The molecule has 0 aliphatic carbocycles. The number of nitrogens with two attached hydrogens (primary N) is 2. The van der Waals surface area contributed by atoms with Crippen LogP contribution in [-0.4, -0.2) is 26.8 Å². The largest absolute Gasteiger partial charge is 0.366 e. The van der Waals surface area contributed by atoms with Crippen molar-refractivity contribution in [2.45, 2.75) is 13.1 Å². The Kier molecular flexibility index (Phi) is 4.24. The fourth-order valence-electron chi connectivity index (χ4n) is 1.62. The van der Waals surface area contributed by atoms with E-state index in [2.05, 4.69) is 15.6 Å². The van der Waals surface area contributed by atoms with Gasteiger partial charge in [-0.05, 0) is 18.2 Å². The fourth-order valence-corrected chi connectivity index (χ4v) is 1.62. The number of hydrogen-bond acceptors (Lipinski definition) is 5. The number of amides is 2. The average molecular weight is 292 g/mol. The van der Waals surface area contributed by atoms with Gasteiger partial charge in [0.2, 0.25) is 11.8 Å². The fraction of sp³-hybridized carbons (Fsp3) is 0.167. The summed E-state index contributed by atoms with van der Waals surface area (Å²) in [5.74, 6) is -1.91. The van der Waals surface area contributed by atoms with Crippen molar-refractivity contribution in [1.82, 2.24) is 15.0 Å². The van der Waals surface area contributed by atoms with Gasteiger partial charge >= 0.3 is 0 Å². The van der Waals surface area contributed by atoms with Crippen molar-refractivity contribution in [2.75, 3.05) is 5.32 Å². The molecule has 110 valence electrons. The molecule has 21 heavy (non-hydrogen) atoms. The molecule has 8 nitrogen and oxygen atoms in total. The Morgan fingerprint density at radius 3 is 2.76 bits per heavy atom. The molecule has 2 amide bonds. The predicted octanol–water partition coefficient (Wildman–Crippen LogP) is -0.387. The van der Waals surface area contributed by atoms with Gasteiger partial charge < -0.3 is 16.8 Å². The van der Waals surface area contributed by atoms with E-state index in [-0.39, 0.29) is 24.3 Å². The maximum Gasteiger partial charge on any atom is 0.248 e. The van der Waals surface area contributed by atoms with Gasteiger partial charge in [0.25, 0.3) is 0 Å². The van der Waals surface area contributed by atoms with E-state index in [4.69, 9.17) is 11.5 Å². The second-order valence-corrected chi connectivity index (χ2v) is 4.22. The summed E-state index contributed by atoms with van der Waals surface area (Å²) in [6, 6.07) is 3.46. The van der Waals surface area contributed by atoms with Gasteiger partial charge in [0.15, 0.2) is 0 Å². The Hall–Kier alpha value is -2.81. The van der Waals surface area contributed by atoms with Gasteiger partial charge in [-0.3, -0.25) is 9.59 Å². The molecule has 0 bridgehead atoms. The molecule has 5 N–H and O–H groups in total. The third-order valence-electron chi connectivity index (χ3n) is 2.63. The lowest BCUT2D eigenvalue weighted by Gasteiger charge is -2.07. The highest BCUT2D eigenvalue weighted by Gasteiger charge is 2.11. The minimum Gasteiger partial charge on any atom is -0.366 e. The Morgan fingerprint density at radius 2 is 2.14 bits per heavy atom. The molecular formula is C12H13FN6O2. The van der Waals surface area contributed by atoms with Gasteiger partial charge in [0.1, 0.15) is 12.4 Å². The number of carbonyl (C=O) groups excluding carboxylic acids is 2. The van der Waals surface area contributed by atoms with Crippen molar-refractivity contribution in [3.05, 3.63) is 41.5 Å². The number of rotatable bonds is 5. The number of benzene rings is 1. The maximum absolute atomic E-state index is 13.6. The summed E-state index contributed by atoms with van der Waals surface area (Å²) in [6.07, 6.45) is 1.51. The molecule has 0 unspecified atom stereocenters. The number of primary amides is 1. The van der Waals surface area contributed by atoms with Crippen LogP contribution >= 0.6 is 0 Å². The van der Waals surface area contributed by atoms with Crippen LogP contribution in [0.25, 0.3) is 0 Å². The molecule has 9 heteroatoms. The number of carbonyl (C=O) groups is 2. The first kappa shape index (κ1) is 14.6. The number of aromatic nitrogens is 3. The van der Waals surface area contributed by atoms with E-state index in [1.54, 1.807) is 0 Å². The molecule has 1 aromatic heterocycles. The second kappa shape index (κ2) is 6.09. The van der Waals surface area contributed by atoms with E-state index in [1.807, 2.05) is 0 Å². The van der Waals surface area contributed by atoms with Gasteiger partial charge in [-0.1, -0.05) is 5.21 Å². The van der Waals surface area contributed by atoms with Crippen LogP contribution in [0, 0.1) is 5.82 Å². The van der Waals surface area contributed by atoms with E-state index < -0.39 is 17.6 Å². The quantitative estimate of drug-likeness (QED) is 0.691. The average Bonchev–Trinajstić information content (AvgIpc) is 2.88. The lowest BCUT2D eigenvalue weighted by molar-refractivity contribution is -0.117. The van der Waals surface area contributed by atoms with Crippen LogP contribution in [0.4, 0.5) is 10.1 Å². The smallest absolute Gasteiger partial charge is 0.248 e. The summed E-state index contributed by atoms with van der Waals surface area (Å²) >= 11 is 0. The molecule has 1 heterocycles. The van der Waals surface area contributed by atoms with E-state index in [0.717, 1.165) is 6.07 Å². The van der Waals surface area contributed by atoms with Crippen molar-refractivity contribution in [3.63, 3.8) is 0 Å². The lowest BCUT2D eigenvalue weighted by Crippen LogP contribution is -2.20. The molecule has 0 aliphatic rings. The highest BCUT2D eigenvalue weighted by molar-refractivity contribution is 5.96. The van der Waals surface area contributed by atoms with Gasteiger partial charge in [0.05, 0.1) is 17.6 Å². The summed E-state index contributed by atoms with van der Waals surface area (Å²) in [7, 11) is 0. The first-order valence-corrected chi connectivity index (χ1v) is 5.98. The molecule has 2 rings (SSSR count). The second-order valence-electron chi connectivity index (χ2n) is 4.22. The van der Waals surface area contributed by atoms with Crippen LogP contribution in [0.5, 0.6) is 0 Å². The molecule has 1 aromatic carbocycles. The third-order valence-corrected chi connectivity index (χ3v) is 2.63. The first-order valence-electron chi connectivity index (χ1n) is 5.98. The SMILES string of the molecule is NCc1cn(CC(=O)Nc2cc(C(N)=O)ccc2F)nn1. The number of anilines is 1. The molecule has 0 saturated carbocycles. The van der Waals surface area contributed by atoms with Crippen LogP contribution < -0.4 is 16.8 Å². The summed E-state index contributed by atoms with van der Waals surface area (Å²) in [5.41, 5.74) is 11.0. The van der Waals surface area contributed by atoms with Crippen molar-refractivity contribution >= 4 is 17.5 Å². The number of nitrogens with one attached hydrogen (secondary N) is 1. The van der Waals surface area contributed by atoms with Gasteiger partial charge in [-0.2, -0.15) is 0 Å². The molecular weight excluding hydrogens is 279 g/mol. The van der Waals surface area contributed by atoms with Crippen molar-refractivity contribution in [2.24, 2.45) is 11.5 Å². The maximum atomic E-state index is 13.6. The molecule has 0 fully saturated rings. The standard InChI is InChI=1S/C12H13FN6O2/c13-9-2-1-7(12(15)21)3-10(9)16-11(20)6-19-5-8(4-14)17-18-19/h1-3,5H,4,6,14H2,(H2,15,21)(H,16,20). The van der Waals surface area contributed by atoms with Crippen LogP contribution in [0.2, 0.25) is 0 Å². The predicted molar refractivity (Wildman–Crippen MR) is 71.5 cm³/mol. The van der Waals surface area contributed by atoms with Crippen molar-refractivity contribution in [3.8, 4) is 0 Å². The molecule has 0 radical (unpaired) electrons. The zero-order valence-electron chi connectivity index (χ0n) is 10.9. The van der Waals surface area contributed by atoms with E-state index in [0.29, 0.717) is 5.69 Å². The first-order chi connectivity index (χ1) is 9.99. The van der Waals surface area contributed by atoms with Crippen LogP contribution in [0.1, 0.15) is 16.1 Å². The topological polar surface area (TPSA) is 129 Å². The zero-order valence-corrected chi connectivity index (χ0v) is 10.9. The summed E-state index contributed by atoms with van der Waals surface area (Å²) in [5, 5.41) is 9.76. The van der Waals surface area contributed by atoms with E-state index in [9.17, 15) is 14.0 Å². The highest BCUT2D eigenvalue weighted by Crippen LogP contribution is 2.16. The Labute approximate surface area is 118 Å². The summed E-state index contributed by atoms with van der Waals surface area (Å²) in [6.45, 7) is 0.0458. The Morgan fingerprint density at radius 1 is 1.38 bits per heavy atom. The van der Waals surface area contributed by atoms with Gasteiger partial charge in [-0.15, -0.1) is 5.10 Å². The number of nitrogens with zero attached hydrogens (tertiary/aromatic N) is 3. The monoisotopic (exact) mass is 292 g/mol. The molecule has 2 aromatic rings. The molecule has 0 aliphatic heterocycles. The van der Waals surface area contributed by atoms with Crippen LogP contribution in [0.15, 0.2) is 24.4 Å². The van der Waals surface area contributed by atoms with Gasteiger partial charge in [0, 0.05) is 12.1 Å². The third kappa shape index (κ3) is 3.60. The lowest BCUT2D eigenvalue weighted by atomic mass is 10.2. The highest BCUT2D eigenvalue weighted by atomic mass is 19.1.